The molecule has 0 aliphatic rings. The van der Waals surface area contributed by atoms with Crippen LogP contribution >= 0.6 is 0 Å². The van der Waals surface area contributed by atoms with E-state index in [1.54, 1.807) is 19.1 Å². The summed E-state index contributed by atoms with van der Waals surface area (Å²) in [6.45, 7) is 7.38. The summed E-state index contributed by atoms with van der Waals surface area (Å²) in [6, 6.07) is 5.96. The van der Waals surface area contributed by atoms with Crippen LogP contribution in [-0.2, 0) is 9.59 Å². The highest BCUT2D eigenvalue weighted by Gasteiger charge is 2.24. The van der Waals surface area contributed by atoms with Crippen molar-refractivity contribution in [2.75, 3.05) is 0 Å². The van der Waals surface area contributed by atoms with Crippen LogP contribution in [0.4, 0.5) is 0 Å². The number of amides is 2. The summed E-state index contributed by atoms with van der Waals surface area (Å²) in [5, 5.41) is 14.2. The number of hydrogen-bond acceptors (Lipinski definition) is 3. The predicted octanol–water partition coefficient (Wildman–Crippen LogP) is 2.12. The quantitative estimate of drug-likeness (QED) is 0.678. The lowest BCUT2D eigenvalue weighted by Crippen LogP contribution is -2.50. The largest absolute Gasteiger partial charge is 0.481 e. The molecule has 0 saturated carbocycles. The van der Waals surface area contributed by atoms with Crippen molar-refractivity contribution in [1.82, 2.24) is 10.6 Å². The Balaban J connectivity index is 2.81. The molecule has 0 aliphatic heterocycles. The summed E-state index contributed by atoms with van der Waals surface area (Å²) >= 11 is 0. The van der Waals surface area contributed by atoms with Gasteiger partial charge in [0.15, 0.2) is 0 Å². The van der Waals surface area contributed by atoms with Crippen LogP contribution in [0, 0.1) is 12.8 Å². The molecule has 0 fully saturated rings. The lowest BCUT2D eigenvalue weighted by Gasteiger charge is -2.22. The fourth-order valence-corrected chi connectivity index (χ4v) is 2.42. The number of carboxylic acid groups (broad SMARTS) is 1. The van der Waals surface area contributed by atoms with Gasteiger partial charge in [-0.05, 0) is 37.8 Å². The van der Waals surface area contributed by atoms with E-state index in [0.717, 1.165) is 5.56 Å². The van der Waals surface area contributed by atoms with Gasteiger partial charge in [-0.25, -0.2) is 0 Å². The van der Waals surface area contributed by atoms with Gasteiger partial charge in [-0.15, -0.1) is 0 Å². The molecule has 2 atom stereocenters. The molecule has 1 aromatic carbocycles. The maximum atomic E-state index is 12.4. The zero-order chi connectivity index (χ0) is 18.3. The summed E-state index contributed by atoms with van der Waals surface area (Å²) in [5.41, 5.74) is 1.36. The minimum absolute atomic E-state index is 0.161. The number of carbonyl (C=O) groups is 3. The van der Waals surface area contributed by atoms with Crippen LogP contribution in [0.3, 0.4) is 0 Å². The molecule has 132 valence electrons. The predicted molar refractivity (Wildman–Crippen MR) is 91.7 cm³/mol. The van der Waals surface area contributed by atoms with Crippen molar-refractivity contribution >= 4 is 17.8 Å². The first-order valence-corrected chi connectivity index (χ1v) is 8.09. The van der Waals surface area contributed by atoms with Crippen molar-refractivity contribution in [3.8, 4) is 0 Å². The Kier molecular flexibility index (Phi) is 7.42. The second-order valence-corrected chi connectivity index (χ2v) is 6.48. The first-order chi connectivity index (χ1) is 11.2. The first-order valence-electron chi connectivity index (χ1n) is 8.09. The highest BCUT2D eigenvalue weighted by Crippen LogP contribution is 2.10. The topological polar surface area (TPSA) is 95.5 Å². The molecule has 0 radical (unpaired) electrons. The van der Waals surface area contributed by atoms with Crippen LogP contribution in [-0.4, -0.2) is 35.0 Å². The second-order valence-electron chi connectivity index (χ2n) is 6.48. The van der Waals surface area contributed by atoms with Gasteiger partial charge in [0.2, 0.25) is 5.91 Å². The molecule has 0 unspecified atom stereocenters. The Morgan fingerprint density at radius 3 is 2.25 bits per heavy atom. The Labute approximate surface area is 142 Å². The Morgan fingerprint density at radius 2 is 1.71 bits per heavy atom. The third-order valence-corrected chi connectivity index (χ3v) is 3.59. The average molecular weight is 334 g/mol. The van der Waals surface area contributed by atoms with Gasteiger partial charge in [0.1, 0.15) is 6.04 Å². The minimum Gasteiger partial charge on any atom is -0.481 e. The number of benzene rings is 1. The van der Waals surface area contributed by atoms with Gasteiger partial charge in [-0.3, -0.25) is 14.4 Å². The molecule has 1 aromatic rings. The van der Waals surface area contributed by atoms with E-state index in [1.165, 1.54) is 0 Å². The van der Waals surface area contributed by atoms with E-state index in [1.807, 2.05) is 32.9 Å². The zero-order valence-electron chi connectivity index (χ0n) is 14.6. The molecule has 24 heavy (non-hydrogen) atoms. The van der Waals surface area contributed by atoms with Gasteiger partial charge in [0, 0.05) is 11.6 Å². The average Bonchev–Trinajstić information content (AvgIpc) is 2.45. The van der Waals surface area contributed by atoms with Gasteiger partial charge in [0.05, 0.1) is 6.42 Å². The molecule has 1 rings (SSSR count). The molecular formula is C18H26N2O4. The standard InChI is InChI=1S/C18H26N2O4/c1-11(2)9-15(18(24)19-13(4)10-16(21)22)20-17(23)14-8-6-5-7-12(14)3/h5-8,11,13,15H,9-10H2,1-4H3,(H,19,24)(H,20,23)(H,21,22)/t13-,15+/m0/s1. The van der Waals surface area contributed by atoms with Crippen LogP contribution in [0.25, 0.3) is 0 Å². The molecule has 6 heteroatoms. The highest BCUT2D eigenvalue weighted by atomic mass is 16.4. The van der Waals surface area contributed by atoms with Crippen molar-refractivity contribution in [1.29, 1.82) is 0 Å². The molecular weight excluding hydrogens is 308 g/mol. The van der Waals surface area contributed by atoms with E-state index in [0.29, 0.717) is 12.0 Å². The fourth-order valence-electron chi connectivity index (χ4n) is 2.42. The molecule has 2 amide bonds. The van der Waals surface area contributed by atoms with Crippen molar-refractivity contribution in [2.24, 2.45) is 5.92 Å². The molecule has 3 N–H and O–H groups in total. The third kappa shape index (κ3) is 6.40. The molecule has 0 aliphatic carbocycles. The number of aliphatic carboxylic acids is 1. The number of carboxylic acids is 1. The van der Waals surface area contributed by atoms with Crippen LogP contribution in [0.2, 0.25) is 0 Å². The van der Waals surface area contributed by atoms with Crippen molar-refractivity contribution in [2.45, 2.75) is 52.6 Å². The molecule has 0 spiro atoms. The summed E-state index contributed by atoms with van der Waals surface area (Å²) in [7, 11) is 0. The normalized spacial score (nSPS) is 13.2. The van der Waals surface area contributed by atoms with E-state index >= 15 is 0 Å². The van der Waals surface area contributed by atoms with Crippen molar-refractivity contribution in [3.05, 3.63) is 35.4 Å². The summed E-state index contributed by atoms with van der Waals surface area (Å²) < 4.78 is 0. The number of rotatable bonds is 8. The maximum Gasteiger partial charge on any atom is 0.305 e. The zero-order valence-corrected chi connectivity index (χ0v) is 14.6. The first kappa shape index (κ1) is 19.7. The van der Waals surface area contributed by atoms with Crippen molar-refractivity contribution in [3.63, 3.8) is 0 Å². The van der Waals surface area contributed by atoms with Crippen LogP contribution in [0.15, 0.2) is 24.3 Å². The Hall–Kier alpha value is -2.37. The van der Waals surface area contributed by atoms with Crippen LogP contribution in [0.1, 0.15) is 49.5 Å². The molecule has 6 nitrogen and oxygen atoms in total. The minimum atomic E-state index is -0.979. The fraction of sp³-hybridized carbons (Fsp3) is 0.500. The van der Waals surface area contributed by atoms with E-state index in [4.69, 9.17) is 5.11 Å². The number of aryl methyl sites for hydroxylation is 1. The van der Waals surface area contributed by atoms with E-state index in [9.17, 15) is 14.4 Å². The Morgan fingerprint density at radius 1 is 1.08 bits per heavy atom. The molecule has 0 aromatic heterocycles. The number of hydrogen-bond donors (Lipinski definition) is 3. The van der Waals surface area contributed by atoms with Crippen LogP contribution in [0.5, 0.6) is 0 Å². The molecule has 0 bridgehead atoms. The molecule has 0 heterocycles. The van der Waals surface area contributed by atoms with E-state index < -0.39 is 18.1 Å². The second kappa shape index (κ2) is 9.05. The summed E-state index contributed by atoms with van der Waals surface area (Å²) in [6.07, 6.45) is 0.315. The van der Waals surface area contributed by atoms with Crippen molar-refractivity contribution < 1.29 is 19.5 Å². The smallest absolute Gasteiger partial charge is 0.305 e. The van der Waals surface area contributed by atoms with Gasteiger partial charge >= 0.3 is 5.97 Å². The van der Waals surface area contributed by atoms with E-state index in [-0.39, 0.29) is 24.2 Å². The summed E-state index contributed by atoms with van der Waals surface area (Å²) in [5.74, 6) is -1.45. The SMILES string of the molecule is Cc1ccccc1C(=O)N[C@H](CC(C)C)C(=O)N[C@@H](C)CC(=O)O. The number of nitrogens with one attached hydrogen (secondary N) is 2. The summed E-state index contributed by atoms with van der Waals surface area (Å²) in [4.78, 5) is 35.6. The number of carbonyl (C=O) groups excluding carboxylic acids is 2. The maximum absolute atomic E-state index is 12.4. The Bertz CT molecular complexity index is 598. The van der Waals surface area contributed by atoms with Gasteiger partial charge in [-0.2, -0.15) is 0 Å². The van der Waals surface area contributed by atoms with Gasteiger partial charge in [0.25, 0.3) is 5.91 Å². The lowest BCUT2D eigenvalue weighted by molar-refractivity contribution is -0.137. The van der Waals surface area contributed by atoms with Gasteiger partial charge in [-0.1, -0.05) is 32.0 Å². The van der Waals surface area contributed by atoms with Gasteiger partial charge < -0.3 is 15.7 Å². The monoisotopic (exact) mass is 334 g/mol. The highest BCUT2D eigenvalue weighted by molar-refractivity contribution is 5.98. The molecule has 0 saturated heterocycles. The third-order valence-electron chi connectivity index (χ3n) is 3.59. The van der Waals surface area contributed by atoms with E-state index in [2.05, 4.69) is 10.6 Å². The lowest BCUT2D eigenvalue weighted by atomic mass is 10.0. The van der Waals surface area contributed by atoms with Crippen LogP contribution < -0.4 is 10.6 Å².